The normalized spacial score (nSPS) is 16.2. The molecular weight excluding hydrogens is 392 g/mol. The summed E-state index contributed by atoms with van der Waals surface area (Å²) in [4.78, 5) is 37.5. The highest BCUT2D eigenvalue weighted by molar-refractivity contribution is 8.01. The molecule has 2 atom stereocenters. The van der Waals surface area contributed by atoms with Crippen LogP contribution in [0.2, 0.25) is 0 Å². The molecule has 8 heteroatoms. The lowest BCUT2D eigenvalue weighted by Crippen LogP contribution is -2.37. The van der Waals surface area contributed by atoms with Gasteiger partial charge < -0.3 is 20.1 Å². The van der Waals surface area contributed by atoms with Crippen LogP contribution in [0.5, 0.6) is 5.75 Å². The van der Waals surface area contributed by atoms with E-state index in [1.165, 1.54) is 18.7 Å². The maximum Gasteiger partial charge on any atom is 0.308 e. The van der Waals surface area contributed by atoms with Crippen molar-refractivity contribution in [2.45, 2.75) is 36.1 Å². The molecule has 0 saturated carbocycles. The van der Waals surface area contributed by atoms with Crippen LogP contribution in [-0.2, 0) is 25.7 Å². The minimum Gasteiger partial charge on any atom is -0.497 e. The van der Waals surface area contributed by atoms with Gasteiger partial charge in [0.15, 0.2) is 6.10 Å². The number of hydrogen-bond acceptors (Lipinski definition) is 6. The molecule has 0 fully saturated rings. The van der Waals surface area contributed by atoms with E-state index in [0.717, 1.165) is 21.9 Å². The minimum absolute atomic E-state index is 0.110. The second-order valence-corrected chi connectivity index (χ2v) is 7.74. The van der Waals surface area contributed by atoms with Crippen molar-refractivity contribution in [3.05, 3.63) is 54.1 Å². The summed E-state index contributed by atoms with van der Waals surface area (Å²) in [5.41, 5.74) is 1.63. The van der Waals surface area contributed by atoms with Crippen LogP contribution in [0.3, 0.4) is 0 Å². The molecule has 3 rings (SSSR count). The Hall–Kier alpha value is -3.00. The number of hydrogen-bond donors (Lipinski definition) is 2. The number of amides is 2. The second kappa shape index (κ2) is 9.47. The summed E-state index contributed by atoms with van der Waals surface area (Å²) in [6.45, 7) is 1.81. The molecular formula is C21H22N2O5S. The molecule has 0 spiro atoms. The van der Waals surface area contributed by atoms with Gasteiger partial charge in [-0.15, -0.1) is 11.8 Å². The van der Waals surface area contributed by atoms with Crippen LogP contribution in [0.1, 0.15) is 18.9 Å². The summed E-state index contributed by atoms with van der Waals surface area (Å²) < 4.78 is 10.3. The van der Waals surface area contributed by atoms with E-state index in [0.29, 0.717) is 6.54 Å². The summed E-state index contributed by atoms with van der Waals surface area (Å²) in [6, 6.07) is 14.7. The Balaban J connectivity index is 1.47. The summed E-state index contributed by atoms with van der Waals surface area (Å²) >= 11 is 1.32. The Kier molecular flexibility index (Phi) is 6.77. The number of methoxy groups -OCH3 is 1. The smallest absolute Gasteiger partial charge is 0.308 e. The third-order valence-electron chi connectivity index (χ3n) is 4.36. The Morgan fingerprint density at radius 2 is 1.90 bits per heavy atom. The first-order valence-corrected chi connectivity index (χ1v) is 10.0. The first kappa shape index (κ1) is 20.7. The fraction of sp³-hybridized carbons (Fsp3) is 0.286. The molecule has 1 aliphatic rings. The molecule has 2 aromatic rings. The van der Waals surface area contributed by atoms with Crippen molar-refractivity contribution >= 4 is 35.2 Å². The van der Waals surface area contributed by atoms with Crippen molar-refractivity contribution in [3.63, 3.8) is 0 Å². The molecule has 0 aliphatic carbocycles. The molecule has 0 unspecified atom stereocenters. The SMILES string of the molecule is COc1ccc(CNC(=O)[C@@H](C)OC(=O)C[C@H]2Sc3ccccc3NC2=O)cc1. The monoisotopic (exact) mass is 414 g/mol. The number of carbonyl (C=O) groups is 3. The number of ether oxygens (including phenoxy) is 2. The Bertz CT molecular complexity index is 900. The van der Waals surface area contributed by atoms with Crippen molar-refractivity contribution < 1.29 is 23.9 Å². The van der Waals surface area contributed by atoms with Gasteiger partial charge in [0.2, 0.25) is 5.91 Å². The van der Waals surface area contributed by atoms with Gasteiger partial charge in [-0.1, -0.05) is 24.3 Å². The lowest BCUT2D eigenvalue weighted by Gasteiger charge is -2.23. The number of rotatable bonds is 7. The van der Waals surface area contributed by atoms with E-state index in [4.69, 9.17) is 9.47 Å². The topological polar surface area (TPSA) is 93.7 Å². The van der Waals surface area contributed by atoms with Gasteiger partial charge in [-0.3, -0.25) is 14.4 Å². The lowest BCUT2D eigenvalue weighted by atomic mass is 10.2. The molecule has 7 nitrogen and oxygen atoms in total. The maximum atomic E-state index is 12.2. The number of benzene rings is 2. The van der Waals surface area contributed by atoms with Crippen molar-refractivity contribution in [2.24, 2.45) is 0 Å². The summed E-state index contributed by atoms with van der Waals surface area (Å²) in [5.74, 6) is -0.513. The van der Waals surface area contributed by atoms with Crippen LogP contribution >= 0.6 is 11.8 Å². The summed E-state index contributed by atoms with van der Waals surface area (Å²) in [5, 5.41) is 4.92. The first-order chi connectivity index (χ1) is 14.0. The third-order valence-corrected chi connectivity index (χ3v) is 5.64. The molecule has 2 aromatic carbocycles. The van der Waals surface area contributed by atoms with Crippen molar-refractivity contribution in [1.29, 1.82) is 0 Å². The van der Waals surface area contributed by atoms with E-state index in [9.17, 15) is 14.4 Å². The van der Waals surface area contributed by atoms with Gasteiger partial charge in [0.25, 0.3) is 5.91 Å². The molecule has 29 heavy (non-hydrogen) atoms. The molecule has 0 bridgehead atoms. The Morgan fingerprint density at radius 3 is 2.62 bits per heavy atom. The molecule has 0 radical (unpaired) electrons. The molecule has 2 N–H and O–H groups in total. The highest BCUT2D eigenvalue weighted by Gasteiger charge is 2.30. The van der Waals surface area contributed by atoms with E-state index in [-0.39, 0.29) is 12.3 Å². The zero-order chi connectivity index (χ0) is 20.8. The number of nitrogens with one attached hydrogen (secondary N) is 2. The predicted molar refractivity (Wildman–Crippen MR) is 110 cm³/mol. The lowest BCUT2D eigenvalue weighted by molar-refractivity contribution is -0.155. The van der Waals surface area contributed by atoms with Crippen LogP contribution in [0.25, 0.3) is 0 Å². The Morgan fingerprint density at radius 1 is 1.17 bits per heavy atom. The fourth-order valence-electron chi connectivity index (χ4n) is 2.75. The maximum absolute atomic E-state index is 12.2. The van der Waals surface area contributed by atoms with Gasteiger partial charge in [0, 0.05) is 11.4 Å². The second-order valence-electron chi connectivity index (χ2n) is 6.49. The van der Waals surface area contributed by atoms with Crippen LogP contribution in [0.4, 0.5) is 5.69 Å². The standard InChI is InChI=1S/C21H22N2O5S/c1-13(20(25)22-12-14-7-9-15(27-2)10-8-14)28-19(24)11-18-21(26)23-16-5-3-4-6-17(16)29-18/h3-10,13,18H,11-12H2,1-2H3,(H,22,25)(H,23,26)/t13-,18-/m1/s1. The molecule has 1 aliphatic heterocycles. The van der Waals surface area contributed by atoms with Crippen LogP contribution in [0.15, 0.2) is 53.4 Å². The quantitative estimate of drug-likeness (QED) is 0.677. The first-order valence-electron chi connectivity index (χ1n) is 9.13. The van der Waals surface area contributed by atoms with E-state index in [1.807, 2.05) is 36.4 Å². The number of anilines is 1. The van der Waals surface area contributed by atoms with E-state index in [2.05, 4.69) is 10.6 Å². The average Bonchev–Trinajstić information content (AvgIpc) is 2.72. The largest absolute Gasteiger partial charge is 0.497 e. The van der Waals surface area contributed by atoms with Gasteiger partial charge in [0.1, 0.15) is 5.75 Å². The van der Waals surface area contributed by atoms with Crippen molar-refractivity contribution in [3.8, 4) is 5.75 Å². The van der Waals surface area contributed by atoms with Gasteiger partial charge in [-0.05, 0) is 36.8 Å². The zero-order valence-corrected chi connectivity index (χ0v) is 17.0. The van der Waals surface area contributed by atoms with Gasteiger partial charge in [0.05, 0.1) is 24.5 Å². The highest BCUT2D eigenvalue weighted by atomic mass is 32.2. The van der Waals surface area contributed by atoms with Crippen LogP contribution in [-0.4, -0.2) is 36.2 Å². The number of esters is 1. The van der Waals surface area contributed by atoms with Gasteiger partial charge >= 0.3 is 5.97 Å². The molecule has 1 heterocycles. The van der Waals surface area contributed by atoms with Gasteiger partial charge in [-0.2, -0.15) is 0 Å². The number of carbonyl (C=O) groups excluding carboxylic acids is 3. The van der Waals surface area contributed by atoms with Crippen LogP contribution < -0.4 is 15.4 Å². The van der Waals surface area contributed by atoms with E-state index >= 15 is 0 Å². The summed E-state index contributed by atoms with van der Waals surface area (Å²) in [7, 11) is 1.58. The van der Waals surface area contributed by atoms with Crippen molar-refractivity contribution in [2.75, 3.05) is 12.4 Å². The zero-order valence-electron chi connectivity index (χ0n) is 16.1. The van der Waals surface area contributed by atoms with Crippen molar-refractivity contribution in [1.82, 2.24) is 5.32 Å². The average molecular weight is 414 g/mol. The van der Waals surface area contributed by atoms with Gasteiger partial charge in [-0.25, -0.2) is 0 Å². The Labute approximate surface area is 173 Å². The minimum atomic E-state index is -0.954. The highest BCUT2D eigenvalue weighted by Crippen LogP contribution is 2.36. The molecule has 0 aromatic heterocycles. The summed E-state index contributed by atoms with van der Waals surface area (Å²) in [6.07, 6.45) is -1.06. The fourth-order valence-corrected chi connectivity index (χ4v) is 3.85. The molecule has 0 saturated heterocycles. The molecule has 2 amide bonds. The third kappa shape index (κ3) is 5.51. The van der Waals surface area contributed by atoms with E-state index < -0.39 is 23.2 Å². The van der Waals surface area contributed by atoms with Crippen LogP contribution in [0, 0.1) is 0 Å². The number of thioether (sulfide) groups is 1. The molecule has 152 valence electrons. The van der Waals surface area contributed by atoms with E-state index in [1.54, 1.807) is 19.2 Å². The predicted octanol–water partition coefficient (Wildman–Crippen LogP) is 2.75. The number of fused-ring (bicyclic) bond motifs is 1. The number of para-hydroxylation sites is 1.